The molecule has 0 aromatic heterocycles. The third-order valence-corrected chi connectivity index (χ3v) is 2.69. The molecule has 0 N–H and O–H groups in total. The standard InChI is InChI=1S/C15H12F2O2/c1-10-7-8-12(15(17)14(10)16)13(18)9-19-11-5-3-2-4-6-11/h2-8H,9H2,1H3. The van der Waals surface area contributed by atoms with Crippen LogP contribution in [0.15, 0.2) is 42.5 Å². The lowest BCUT2D eigenvalue weighted by Gasteiger charge is -2.07. The molecule has 0 aliphatic heterocycles. The molecule has 0 unspecified atom stereocenters. The highest BCUT2D eigenvalue weighted by Crippen LogP contribution is 2.17. The number of para-hydroxylation sites is 1. The minimum atomic E-state index is -1.12. The molecule has 0 saturated heterocycles. The number of halogens is 2. The van der Waals surface area contributed by atoms with E-state index in [0.717, 1.165) is 0 Å². The van der Waals surface area contributed by atoms with Crippen LogP contribution in [-0.2, 0) is 0 Å². The molecule has 2 aromatic carbocycles. The first-order valence-electron chi connectivity index (χ1n) is 5.75. The molecule has 19 heavy (non-hydrogen) atoms. The molecule has 2 rings (SSSR count). The van der Waals surface area contributed by atoms with E-state index >= 15 is 0 Å². The van der Waals surface area contributed by atoms with Crippen LogP contribution in [0.4, 0.5) is 8.78 Å². The number of rotatable bonds is 4. The number of hydrogen-bond donors (Lipinski definition) is 0. The van der Waals surface area contributed by atoms with E-state index in [2.05, 4.69) is 0 Å². The van der Waals surface area contributed by atoms with Crippen LogP contribution in [-0.4, -0.2) is 12.4 Å². The molecule has 0 amide bonds. The summed E-state index contributed by atoms with van der Waals surface area (Å²) in [5.41, 5.74) is -0.128. The summed E-state index contributed by atoms with van der Waals surface area (Å²) in [7, 11) is 0. The Kier molecular flexibility index (Phi) is 3.90. The van der Waals surface area contributed by atoms with Crippen molar-refractivity contribution in [2.75, 3.05) is 6.61 Å². The van der Waals surface area contributed by atoms with Crippen LogP contribution in [0.3, 0.4) is 0 Å². The van der Waals surface area contributed by atoms with Gasteiger partial charge in [0.1, 0.15) is 5.75 Å². The van der Waals surface area contributed by atoms with Gasteiger partial charge in [0, 0.05) is 0 Å². The molecule has 0 fully saturated rings. The number of aryl methyl sites for hydroxylation is 1. The minimum absolute atomic E-state index is 0.165. The Balaban J connectivity index is 2.11. The number of carbonyl (C=O) groups is 1. The molecule has 0 spiro atoms. The molecule has 0 atom stereocenters. The molecule has 0 bridgehead atoms. The Labute approximate surface area is 109 Å². The van der Waals surface area contributed by atoms with Crippen molar-refractivity contribution in [2.24, 2.45) is 0 Å². The van der Waals surface area contributed by atoms with Gasteiger partial charge in [-0.1, -0.05) is 24.3 Å². The van der Waals surface area contributed by atoms with Gasteiger partial charge >= 0.3 is 0 Å². The van der Waals surface area contributed by atoms with E-state index in [9.17, 15) is 13.6 Å². The highest BCUT2D eigenvalue weighted by molar-refractivity contribution is 5.97. The van der Waals surface area contributed by atoms with E-state index in [4.69, 9.17) is 4.74 Å². The van der Waals surface area contributed by atoms with Crippen molar-refractivity contribution < 1.29 is 18.3 Å². The van der Waals surface area contributed by atoms with Crippen molar-refractivity contribution in [1.82, 2.24) is 0 Å². The average molecular weight is 262 g/mol. The molecule has 0 heterocycles. The SMILES string of the molecule is Cc1ccc(C(=O)COc2ccccc2)c(F)c1F. The maximum Gasteiger partial charge on any atom is 0.203 e. The van der Waals surface area contributed by atoms with Gasteiger partial charge in [0.15, 0.2) is 18.2 Å². The third-order valence-electron chi connectivity index (χ3n) is 2.69. The summed E-state index contributed by atoms with van der Waals surface area (Å²) in [5, 5.41) is 0. The van der Waals surface area contributed by atoms with Gasteiger partial charge in [-0.2, -0.15) is 0 Å². The van der Waals surface area contributed by atoms with E-state index in [0.29, 0.717) is 5.75 Å². The van der Waals surface area contributed by atoms with Crippen LogP contribution in [0.2, 0.25) is 0 Å². The first kappa shape index (κ1) is 13.2. The fourth-order valence-corrected chi connectivity index (χ4v) is 1.60. The van der Waals surface area contributed by atoms with Crippen molar-refractivity contribution >= 4 is 5.78 Å². The lowest BCUT2D eigenvalue weighted by molar-refractivity contribution is 0.0916. The van der Waals surface area contributed by atoms with E-state index < -0.39 is 17.4 Å². The minimum Gasteiger partial charge on any atom is -0.485 e. The van der Waals surface area contributed by atoms with Gasteiger partial charge in [-0.3, -0.25) is 4.79 Å². The Morgan fingerprint density at radius 2 is 1.74 bits per heavy atom. The zero-order valence-corrected chi connectivity index (χ0v) is 10.3. The highest BCUT2D eigenvalue weighted by atomic mass is 19.2. The Bertz CT molecular complexity index is 595. The van der Waals surface area contributed by atoms with Crippen LogP contribution in [0.1, 0.15) is 15.9 Å². The third kappa shape index (κ3) is 2.96. The molecule has 0 aliphatic rings. The molecule has 0 aliphatic carbocycles. The maximum atomic E-state index is 13.6. The van der Waals surface area contributed by atoms with Gasteiger partial charge < -0.3 is 4.74 Å². The summed E-state index contributed by atoms with van der Waals surface area (Å²) in [6.07, 6.45) is 0. The van der Waals surface area contributed by atoms with Crippen molar-refractivity contribution in [3.63, 3.8) is 0 Å². The molecule has 98 valence electrons. The number of benzene rings is 2. The molecule has 0 radical (unpaired) electrons. The van der Waals surface area contributed by atoms with E-state index in [1.165, 1.54) is 19.1 Å². The number of hydrogen-bond acceptors (Lipinski definition) is 2. The summed E-state index contributed by atoms with van der Waals surface area (Å²) >= 11 is 0. The van der Waals surface area contributed by atoms with E-state index in [1.54, 1.807) is 24.3 Å². The van der Waals surface area contributed by atoms with Crippen molar-refractivity contribution in [3.05, 3.63) is 65.2 Å². The molecule has 2 nitrogen and oxygen atoms in total. The largest absolute Gasteiger partial charge is 0.485 e. The fourth-order valence-electron chi connectivity index (χ4n) is 1.60. The number of Topliss-reactive ketones (excluding diaryl/α,β-unsaturated/α-hetero) is 1. The van der Waals surface area contributed by atoms with Gasteiger partial charge in [0.05, 0.1) is 5.56 Å². The number of ether oxygens (including phenoxy) is 1. The molecular formula is C15H12F2O2. The van der Waals surface area contributed by atoms with E-state index in [1.807, 2.05) is 6.07 Å². The van der Waals surface area contributed by atoms with Gasteiger partial charge in [-0.15, -0.1) is 0 Å². The summed E-state index contributed by atoms with van der Waals surface area (Å²) in [6, 6.07) is 11.3. The summed E-state index contributed by atoms with van der Waals surface area (Å²) < 4.78 is 32.1. The Morgan fingerprint density at radius 3 is 2.42 bits per heavy atom. The first-order chi connectivity index (χ1) is 9.09. The fraction of sp³-hybridized carbons (Fsp3) is 0.133. The Hall–Kier alpha value is -2.23. The monoisotopic (exact) mass is 262 g/mol. The molecule has 4 heteroatoms. The zero-order valence-electron chi connectivity index (χ0n) is 10.3. The first-order valence-corrected chi connectivity index (χ1v) is 5.75. The van der Waals surface area contributed by atoms with Crippen molar-refractivity contribution in [2.45, 2.75) is 6.92 Å². The average Bonchev–Trinajstić information content (AvgIpc) is 2.43. The van der Waals surface area contributed by atoms with Crippen molar-refractivity contribution in [1.29, 1.82) is 0 Å². The Morgan fingerprint density at radius 1 is 1.05 bits per heavy atom. The second kappa shape index (κ2) is 5.61. The maximum absolute atomic E-state index is 13.6. The summed E-state index contributed by atoms with van der Waals surface area (Å²) in [5.74, 6) is -2.21. The second-order valence-electron chi connectivity index (χ2n) is 4.08. The molecule has 0 saturated carbocycles. The topological polar surface area (TPSA) is 26.3 Å². The van der Waals surface area contributed by atoms with Crippen LogP contribution < -0.4 is 4.74 Å². The van der Waals surface area contributed by atoms with E-state index in [-0.39, 0.29) is 17.7 Å². The van der Waals surface area contributed by atoms with Gasteiger partial charge in [-0.05, 0) is 30.7 Å². The van der Waals surface area contributed by atoms with Crippen LogP contribution in [0, 0.1) is 18.6 Å². The zero-order chi connectivity index (χ0) is 13.8. The van der Waals surface area contributed by atoms with Gasteiger partial charge in [0.25, 0.3) is 0 Å². The number of ketones is 1. The van der Waals surface area contributed by atoms with Gasteiger partial charge in [0.2, 0.25) is 5.78 Å². The van der Waals surface area contributed by atoms with Crippen LogP contribution in [0.25, 0.3) is 0 Å². The predicted octanol–water partition coefficient (Wildman–Crippen LogP) is 3.53. The summed E-state index contributed by atoms with van der Waals surface area (Å²) in [4.78, 5) is 11.8. The summed E-state index contributed by atoms with van der Waals surface area (Å²) in [6.45, 7) is 1.11. The predicted molar refractivity (Wildman–Crippen MR) is 67.4 cm³/mol. The second-order valence-corrected chi connectivity index (χ2v) is 4.08. The number of carbonyl (C=O) groups excluding carboxylic acids is 1. The van der Waals surface area contributed by atoms with Crippen LogP contribution >= 0.6 is 0 Å². The molecular weight excluding hydrogens is 250 g/mol. The van der Waals surface area contributed by atoms with Gasteiger partial charge in [-0.25, -0.2) is 8.78 Å². The quantitative estimate of drug-likeness (QED) is 0.788. The van der Waals surface area contributed by atoms with Crippen molar-refractivity contribution in [3.8, 4) is 5.75 Å². The highest BCUT2D eigenvalue weighted by Gasteiger charge is 2.17. The smallest absolute Gasteiger partial charge is 0.203 e. The van der Waals surface area contributed by atoms with Crippen LogP contribution in [0.5, 0.6) is 5.75 Å². The normalized spacial score (nSPS) is 10.3. The lowest BCUT2D eigenvalue weighted by Crippen LogP contribution is -2.14. The molecule has 2 aromatic rings. The lowest BCUT2D eigenvalue weighted by atomic mass is 10.1.